The first kappa shape index (κ1) is 19.7. The van der Waals surface area contributed by atoms with Gasteiger partial charge in [0.15, 0.2) is 17.6 Å². The largest absolute Gasteiger partial charge is 0.464 e. The molecule has 3 rings (SSSR count). The molecule has 1 aromatic rings. The molecule has 0 bridgehead atoms. The number of fused-ring (bicyclic) bond motifs is 1. The number of rotatable bonds is 5. The molecule has 27 heavy (non-hydrogen) atoms. The number of ether oxygens (including phenoxy) is 2. The van der Waals surface area contributed by atoms with Crippen molar-refractivity contribution >= 4 is 34.6 Å². The van der Waals surface area contributed by atoms with Crippen molar-refractivity contribution in [2.45, 2.75) is 35.6 Å². The first-order valence-corrected chi connectivity index (χ1v) is 10.00. The lowest BCUT2D eigenvalue weighted by Crippen LogP contribution is -2.70. The van der Waals surface area contributed by atoms with Gasteiger partial charge in [0.25, 0.3) is 5.91 Å². The van der Waals surface area contributed by atoms with Crippen LogP contribution in [0.3, 0.4) is 0 Å². The number of hydrogen-bond donors (Lipinski definition) is 1. The van der Waals surface area contributed by atoms with Crippen LogP contribution < -0.4 is 0 Å². The van der Waals surface area contributed by atoms with Gasteiger partial charge in [-0.3, -0.25) is 9.69 Å². The van der Waals surface area contributed by atoms with Crippen molar-refractivity contribution in [3.63, 3.8) is 0 Å². The van der Waals surface area contributed by atoms with E-state index in [9.17, 15) is 18.0 Å². The van der Waals surface area contributed by atoms with Gasteiger partial charge in [-0.15, -0.1) is 0 Å². The molecule has 3 atom stereocenters. The quantitative estimate of drug-likeness (QED) is 0.333. The minimum Gasteiger partial charge on any atom is -0.464 e. The molecule has 1 saturated heterocycles. The van der Waals surface area contributed by atoms with E-state index in [4.69, 9.17) is 13.7 Å². The zero-order valence-electron chi connectivity index (χ0n) is 14.9. The van der Waals surface area contributed by atoms with Gasteiger partial charge >= 0.3 is 16.1 Å². The molecule has 0 radical (unpaired) electrons. The van der Waals surface area contributed by atoms with E-state index in [0.29, 0.717) is 0 Å². The number of esters is 1. The maximum atomic E-state index is 12.6. The third-order valence-corrected chi connectivity index (χ3v) is 6.29. The zero-order valence-corrected chi connectivity index (χ0v) is 16.6. The molecule has 0 aliphatic carbocycles. The number of aryl methyl sites for hydroxylation is 1. The predicted molar refractivity (Wildman–Crippen MR) is 97.3 cm³/mol. The maximum Gasteiger partial charge on any atom is 0.358 e. The number of thiol groups is 1. The smallest absolute Gasteiger partial charge is 0.358 e. The number of benzene rings is 1. The molecule has 10 heteroatoms. The number of β-lactam (4-membered cyclic amide) rings is 1. The molecule has 0 N–H and O–H groups in total. The predicted octanol–water partition coefficient (Wildman–Crippen LogP) is 1.01. The number of amides is 1. The van der Waals surface area contributed by atoms with Crippen molar-refractivity contribution in [3.8, 4) is 0 Å². The average Bonchev–Trinajstić information content (AvgIpc) is 2.62. The molecule has 1 aromatic carbocycles. The molecule has 3 unspecified atom stereocenters. The van der Waals surface area contributed by atoms with Gasteiger partial charge in [-0.1, -0.05) is 17.7 Å². The summed E-state index contributed by atoms with van der Waals surface area (Å²) < 4.78 is 40.4. The van der Waals surface area contributed by atoms with Gasteiger partial charge in [0.2, 0.25) is 0 Å². The van der Waals surface area contributed by atoms with E-state index >= 15 is 0 Å². The van der Waals surface area contributed by atoms with Crippen LogP contribution in [-0.2, 0) is 33.4 Å². The second-order valence-electron chi connectivity index (χ2n) is 6.24. The third-order valence-electron chi connectivity index (χ3n) is 4.54. The molecule has 2 aliphatic heterocycles. The second kappa shape index (κ2) is 7.17. The second-order valence-corrected chi connectivity index (χ2v) is 8.45. The Labute approximate surface area is 162 Å². The summed E-state index contributed by atoms with van der Waals surface area (Å²) in [6, 6.07) is 5.57. The van der Waals surface area contributed by atoms with Gasteiger partial charge in [0, 0.05) is 18.8 Å². The lowest BCUT2D eigenvalue weighted by atomic mass is 9.87. The van der Waals surface area contributed by atoms with E-state index in [2.05, 4.69) is 12.6 Å². The van der Waals surface area contributed by atoms with Crippen molar-refractivity contribution in [3.05, 3.63) is 41.3 Å². The van der Waals surface area contributed by atoms with E-state index in [1.165, 1.54) is 19.2 Å². The van der Waals surface area contributed by atoms with E-state index < -0.39 is 39.4 Å². The monoisotopic (exact) mass is 413 g/mol. The van der Waals surface area contributed by atoms with Crippen LogP contribution in [0.25, 0.3) is 0 Å². The minimum absolute atomic E-state index is 0.0208. The first-order valence-electron chi connectivity index (χ1n) is 8.07. The van der Waals surface area contributed by atoms with E-state index in [-0.39, 0.29) is 22.8 Å². The molecule has 1 fully saturated rings. The van der Waals surface area contributed by atoms with Crippen LogP contribution in [0.15, 0.2) is 40.6 Å². The summed E-state index contributed by atoms with van der Waals surface area (Å²) in [5, 5.41) is -0.468. The highest BCUT2D eigenvalue weighted by Crippen LogP contribution is 2.41. The summed E-state index contributed by atoms with van der Waals surface area (Å²) in [6.07, 6.45) is -0.727. The van der Waals surface area contributed by atoms with Crippen LogP contribution in [0.1, 0.15) is 12.0 Å². The maximum absolute atomic E-state index is 12.6. The van der Waals surface area contributed by atoms with Crippen molar-refractivity contribution in [1.29, 1.82) is 0 Å². The van der Waals surface area contributed by atoms with Crippen LogP contribution in [-0.4, -0.2) is 56.8 Å². The summed E-state index contributed by atoms with van der Waals surface area (Å²) >= 11 is 4.43. The molecule has 2 aliphatic rings. The van der Waals surface area contributed by atoms with Gasteiger partial charge < -0.3 is 13.7 Å². The summed E-state index contributed by atoms with van der Waals surface area (Å²) in [5.74, 6) is -1.52. The van der Waals surface area contributed by atoms with Gasteiger partial charge in [0.1, 0.15) is 4.90 Å². The highest BCUT2D eigenvalue weighted by molar-refractivity contribution is 7.86. The van der Waals surface area contributed by atoms with Gasteiger partial charge in [-0.2, -0.15) is 21.0 Å². The van der Waals surface area contributed by atoms with Crippen LogP contribution in [0.2, 0.25) is 0 Å². The van der Waals surface area contributed by atoms with Gasteiger partial charge in [-0.05, 0) is 19.1 Å². The standard InChI is InChI=1S/C17H19NO7S2/c1-9-4-6-10(7-5-9)27(21,22)25-11-8-12(26)14-15(23-2)16(19)18(14)13(11)17(20)24-3/h4-7,12,14-15,26H,8H2,1-3H3. The fourth-order valence-electron chi connectivity index (χ4n) is 3.17. The van der Waals surface area contributed by atoms with Crippen LogP contribution in [0.4, 0.5) is 0 Å². The molecule has 8 nitrogen and oxygen atoms in total. The molecular formula is C17H19NO7S2. The number of carbonyl (C=O) groups excluding carboxylic acids is 2. The molecule has 2 heterocycles. The van der Waals surface area contributed by atoms with Crippen LogP contribution in [0.5, 0.6) is 0 Å². The summed E-state index contributed by atoms with van der Waals surface area (Å²) in [5.41, 5.74) is 0.651. The first-order chi connectivity index (χ1) is 12.7. The lowest BCUT2D eigenvalue weighted by Gasteiger charge is -2.51. The molecule has 0 aromatic heterocycles. The summed E-state index contributed by atoms with van der Waals surface area (Å²) in [7, 11) is -1.67. The summed E-state index contributed by atoms with van der Waals surface area (Å²) in [4.78, 5) is 25.7. The van der Waals surface area contributed by atoms with Crippen molar-refractivity contribution in [1.82, 2.24) is 4.90 Å². The topological polar surface area (TPSA) is 99.2 Å². The Morgan fingerprint density at radius 3 is 2.41 bits per heavy atom. The summed E-state index contributed by atoms with van der Waals surface area (Å²) in [6.45, 7) is 1.82. The van der Waals surface area contributed by atoms with E-state index in [0.717, 1.165) is 17.6 Å². The average molecular weight is 413 g/mol. The molecular weight excluding hydrogens is 394 g/mol. The number of methoxy groups -OCH3 is 2. The Kier molecular flexibility index (Phi) is 5.24. The third kappa shape index (κ3) is 3.32. The van der Waals surface area contributed by atoms with Crippen molar-refractivity contribution in [2.24, 2.45) is 0 Å². The van der Waals surface area contributed by atoms with Crippen LogP contribution >= 0.6 is 12.6 Å². The number of carbonyl (C=O) groups is 2. The Balaban J connectivity index is 2.01. The minimum atomic E-state index is -4.20. The number of hydrogen-bond acceptors (Lipinski definition) is 8. The van der Waals surface area contributed by atoms with Gasteiger partial charge in [-0.25, -0.2) is 4.79 Å². The highest BCUT2D eigenvalue weighted by Gasteiger charge is 2.57. The fourth-order valence-corrected chi connectivity index (χ4v) is 4.60. The number of nitrogens with zero attached hydrogens (tertiary/aromatic N) is 1. The van der Waals surface area contributed by atoms with Gasteiger partial charge in [0.05, 0.1) is 13.2 Å². The molecule has 146 valence electrons. The van der Waals surface area contributed by atoms with E-state index in [1.807, 2.05) is 6.92 Å². The SMILES string of the molecule is COC(=O)C1=C(OS(=O)(=O)c2ccc(C)cc2)CC(S)C2C(OC)C(=O)N12. The highest BCUT2D eigenvalue weighted by atomic mass is 32.2. The Morgan fingerprint density at radius 1 is 1.22 bits per heavy atom. The molecule has 0 saturated carbocycles. The Bertz CT molecular complexity index is 908. The molecule has 0 spiro atoms. The van der Waals surface area contributed by atoms with E-state index in [1.54, 1.807) is 12.1 Å². The normalized spacial score (nSPS) is 25.0. The fraction of sp³-hybridized carbons (Fsp3) is 0.412. The Hall–Kier alpha value is -2.04. The van der Waals surface area contributed by atoms with Crippen molar-refractivity contribution < 1.29 is 31.7 Å². The van der Waals surface area contributed by atoms with Crippen LogP contribution in [0, 0.1) is 6.92 Å². The van der Waals surface area contributed by atoms with Crippen molar-refractivity contribution in [2.75, 3.05) is 14.2 Å². The zero-order chi connectivity index (χ0) is 19.9. The number of allylic oxidation sites excluding steroid dienone is 1. The molecule has 1 amide bonds. The Morgan fingerprint density at radius 2 is 1.85 bits per heavy atom. The lowest BCUT2D eigenvalue weighted by molar-refractivity contribution is -0.171.